The first kappa shape index (κ1) is 20.7. The molecule has 2 aromatic rings. The molecule has 1 aromatic heterocycles. The van der Waals surface area contributed by atoms with Gasteiger partial charge in [-0.2, -0.15) is 0 Å². The molecule has 4 aliphatic carbocycles. The lowest BCUT2D eigenvalue weighted by atomic mass is 9.52. The third-order valence-electron chi connectivity index (χ3n) is 8.52. The number of benzene rings is 1. The number of hydrogen-bond acceptors (Lipinski definition) is 4. The summed E-state index contributed by atoms with van der Waals surface area (Å²) in [5.74, 6) is 2.47. The first-order chi connectivity index (χ1) is 15.4. The van der Waals surface area contributed by atoms with Crippen LogP contribution in [0.5, 0.6) is 0 Å². The minimum atomic E-state index is -0.508. The van der Waals surface area contributed by atoms with Crippen molar-refractivity contribution in [1.82, 2.24) is 15.0 Å². The minimum absolute atomic E-state index is 0.126. The first-order valence-corrected chi connectivity index (χ1v) is 12.3. The Hall–Kier alpha value is -1.92. The fourth-order valence-electron chi connectivity index (χ4n) is 7.51. The van der Waals surface area contributed by atoms with Gasteiger partial charge in [0.25, 0.3) is 5.91 Å². The Labute approximate surface area is 192 Å². The third-order valence-corrected chi connectivity index (χ3v) is 8.83. The van der Waals surface area contributed by atoms with Gasteiger partial charge in [0.05, 0.1) is 10.6 Å². The second kappa shape index (κ2) is 7.56. The van der Waals surface area contributed by atoms with Crippen LogP contribution in [0.1, 0.15) is 54.6 Å². The molecule has 7 heteroatoms. The number of nitrogens with zero attached hydrogens (tertiary/aromatic N) is 3. The molecule has 5 nitrogen and oxygen atoms in total. The molecule has 1 saturated heterocycles. The van der Waals surface area contributed by atoms with Gasteiger partial charge >= 0.3 is 0 Å². The minimum Gasteiger partial charge on any atom is -0.360 e. The van der Waals surface area contributed by atoms with Crippen molar-refractivity contribution >= 4 is 17.5 Å². The van der Waals surface area contributed by atoms with E-state index in [4.69, 9.17) is 16.1 Å². The first-order valence-electron chi connectivity index (χ1n) is 11.9. The van der Waals surface area contributed by atoms with Gasteiger partial charge in [0.1, 0.15) is 22.8 Å². The highest BCUT2D eigenvalue weighted by Gasteiger charge is 2.53. The highest BCUT2D eigenvalue weighted by molar-refractivity contribution is 6.33. The van der Waals surface area contributed by atoms with E-state index in [1.807, 2.05) is 4.90 Å². The van der Waals surface area contributed by atoms with Gasteiger partial charge in [0, 0.05) is 31.7 Å². The fraction of sp³-hybridized carbons (Fsp3) is 0.600. The van der Waals surface area contributed by atoms with Gasteiger partial charge in [0.2, 0.25) is 0 Å². The number of halogens is 2. The Morgan fingerprint density at radius 3 is 2.31 bits per heavy atom. The highest BCUT2D eigenvalue weighted by atomic mass is 35.5. The predicted octanol–water partition coefficient (Wildman–Crippen LogP) is 5.17. The van der Waals surface area contributed by atoms with Crippen LogP contribution < -0.4 is 0 Å². The molecule has 1 aromatic carbocycles. The monoisotopic (exact) mass is 457 g/mol. The maximum absolute atomic E-state index is 14.5. The highest BCUT2D eigenvalue weighted by Crippen LogP contribution is 2.57. The van der Waals surface area contributed by atoms with E-state index in [2.05, 4.69) is 10.1 Å². The maximum Gasteiger partial charge on any atom is 0.259 e. The molecular formula is C25H29ClFN3O2. The van der Waals surface area contributed by atoms with E-state index in [9.17, 15) is 9.18 Å². The van der Waals surface area contributed by atoms with Gasteiger partial charge in [-0.3, -0.25) is 9.69 Å². The number of rotatable bonds is 3. The summed E-state index contributed by atoms with van der Waals surface area (Å²) in [6, 6.07) is 4.46. The van der Waals surface area contributed by atoms with E-state index >= 15 is 0 Å². The number of aromatic nitrogens is 1. The Bertz CT molecular complexity index is 1000. The molecule has 4 saturated carbocycles. The molecule has 0 N–H and O–H groups in total. The summed E-state index contributed by atoms with van der Waals surface area (Å²) in [6.45, 7) is 4.85. The van der Waals surface area contributed by atoms with Gasteiger partial charge in [-0.15, -0.1) is 0 Å². The third kappa shape index (κ3) is 3.21. The lowest BCUT2D eigenvalue weighted by Gasteiger charge is -2.61. The number of amides is 1. The van der Waals surface area contributed by atoms with Crippen LogP contribution in [0.3, 0.4) is 0 Å². The van der Waals surface area contributed by atoms with E-state index in [0.29, 0.717) is 30.0 Å². The van der Waals surface area contributed by atoms with Crippen molar-refractivity contribution in [3.63, 3.8) is 0 Å². The van der Waals surface area contributed by atoms with Crippen LogP contribution in [-0.2, 0) is 0 Å². The summed E-state index contributed by atoms with van der Waals surface area (Å²) < 4.78 is 19.9. The normalized spacial score (nSPS) is 32.0. The molecule has 0 radical (unpaired) electrons. The van der Waals surface area contributed by atoms with Gasteiger partial charge in [-0.05, 0) is 75.3 Å². The number of aryl methyl sites for hydroxylation is 1. The molecule has 32 heavy (non-hydrogen) atoms. The van der Waals surface area contributed by atoms with Gasteiger partial charge in [-0.1, -0.05) is 22.8 Å². The van der Waals surface area contributed by atoms with Crippen molar-refractivity contribution in [3.05, 3.63) is 40.4 Å². The van der Waals surface area contributed by atoms with Crippen molar-refractivity contribution in [2.45, 2.75) is 51.0 Å². The van der Waals surface area contributed by atoms with Gasteiger partial charge in [0.15, 0.2) is 0 Å². The van der Waals surface area contributed by atoms with Crippen LogP contribution in [0, 0.1) is 30.5 Å². The lowest BCUT2D eigenvalue weighted by Crippen LogP contribution is -2.64. The van der Waals surface area contributed by atoms with Crippen LogP contribution in [0.4, 0.5) is 4.39 Å². The molecule has 5 aliphatic rings. The number of carbonyl (C=O) groups excluding carboxylic acids is 1. The van der Waals surface area contributed by atoms with Crippen LogP contribution in [0.25, 0.3) is 11.3 Å². The van der Waals surface area contributed by atoms with Crippen molar-refractivity contribution < 1.29 is 13.7 Å². The molecule has 2 heterocycles. The quantitative estimate of drug-likeness (QED) is 0.638. The Morgan fingerprint density at radius 1 is 1.09 bits per heavy atom. The topological polar surface area (TPSA) is 49.6 Å². The average Bonchev–Trinajstić information content (AvgIpc) is 3.13. The van der Waals surface area contributed by atoms with E-state index in [0.717, 1.165) is 30.8 Å². The van der Waals surface area contributed by atoms with Crippen LogP contribution in [-0.4, -0.2) is 52.6 Å². The average molecular weight is 458 g/mol. The number of piperazine rings is 1. The summed E-state index contributed by atoms with van der Waals surface area (Å²) in [6.07, 6.45) is 8.33. The van der Waals surface area contributed by atoms with Crippen molar-refractivity contribution in [2.24, 2.45) is 17.8 Å². The Balaban J connectivity index is 1.21. The molecule has 5 fully saturated rings. The fourth-order valence-corrected chi connectivity index (χ4v) is 7.77. The molecular weight excluding hydrogens is 429 g/mol. The van der Waals surface area contributed by atoms with E-state index < -0.39 is 5.82 Å². The molecule has 0 atom stereocenters. The largest absolute Gasteiger partial charge is 0.360 e. The predicted molar refractivity (Wildman–Crippen MR) is 120 cm³/mol. The molecule has 7 rings (SSSR count). The summed E-state index contributed by atoms with van der Waals surface area (Å²) in [5, 5.41) is 4.23. The lowest BCUT2D eigenvalue weighted by molar-refractivity contribution is -0.0987. The second-order valence-electron chi connectivity index (χ2n) is 10.5. The van der Waals surface area contributed by atoms with Crippen LogP contribution >= 0.6 is 11.6 Å². The molecule has 1 amide bonds. The smallest absolute Gasteiger partial charge is 0.259 e. The maximum atomic E-state index is 14.5. The molecule has 170 valence electrons. The van der Waals surface area contributed by atoms with E-state index in [-0.39, 0.29) is 22.2 Å². The summed E-state index contributed by atoms with van der Waals surface area (Å²) >= 11 is 6.25. The van der Waals surface area contributed by atoms with E-state index in [1.54, 1.807) is 19.1 Å². The number of carbonyl (C=O) groups is 1. The van der Waals surface area contributed by atoms with Gasteiger partial charge in [-0.25, -0.2) is 4.39 Å². The van der Waals surface area contributed by atoms with Crippen LogP contribution in [0.2, 0.25) is 5.02 Å². The standard InChI is InChI=1S/C25H29ClFN3O2/c1-15-21(23(28-32-15)22-19(26)3-2-4-20(22)27)24(31)29-5-7-30(8-6-29)25-12-16-9-17(13-25)11-18(10-16)14-25/h2-4,16-18H,5-14H2,1H3. The Kier molecular flexibility index (Phi) is 4.88. The summed E-state index contributed by atoms with van der Waals surface area (Å²) in [5.41, 5.74) is 1.00. The second-order valence-corrected chi connectivity index (χ2v) is 10.9. The molecule has 1 aliphatic heterocycles. The zero-order chi connectivity index (χ0) is 22.0. The zero-order valence-corrected chi connectivity index (χ0v) is 19.2. The van der Waals surface area contributed by atoms with Crippen LogP contribution in [0.15, 0.2) is 22.7 Å². The van der Waals surface area contributed by atoms with Crippen molar-refractivity contribution in [1.29, 1.82) is 0 Å². The number of hydrogen-bond donors (Lipinski definition) is 0. The molecule has 0 spiro atoms. The van der Waals surface area contributed by atoms with Crippen molar-refractivity contribution in [3.8, 4) is 11.3 Å². The molecule has 4 bridgehead atoms. The zero-order valence-electron chi connectivity index (χ0n) is 18.4. The van der Waals surface area contributed by atoms with E-state index in [1.165, 1.54) is 44.6 Å². The van der Waals surface area contributed by atoms with Gasteiger partial charge < -0.3 is 9.42 Å². The van der Waals surface area contributed by atoms with Crippen molar-refractivity contribution in [2.75, 3.05) is 26.2 Å². The molecule has 0 unspecified atom stereocenters. The summed E-state index contributed by atoms with van der Waals surface area (Å²) in [7, 11) is 0. The Morgan fingerprint density at radius 2 is 1.72 bits per heavy atom. The summed E-state index contributed by atoms with van der Waals surface area (Å²) in [4.78, 5) is 18.1. The SMILES string of the molecule is Cc1onc(-c2c(F)cccc2Cl)c1C(=O)N1CCN(C23CC4CC(CC(C4)C2)C3)CC1.